The van der Waals surface area contributed by atoms with E-state index in [2.05, 4.69) is 10.2 Å². The second-order valence-corrected chi connectivity index (χ2v) is 6.26. The van der Waals surface area contributed by atoms with Crippen molar-refractivity contribution < 1.29 is 9.34 Å². The molecule has 1 atom stereocenters. The molecule has 0 saturated heterocycles. The topological polar surface area (TPSA) is 87.0 Å². The number of aromatic nitrogens is 3. The first kappa shape index (κ1) is 15.3. The second kappa shape index (κ2) is 6.25. The number of non-ortho nitro benzene ring substituents is 1. The molecule has 8 heteroatoms. The number of rotatable bonds is 5. The monoisotopic (exact) mass is 330 g/mol. The third-order valence-corrected chi connectivity index (χ3v) is 4.60. The molecule has 0 bridgehead atoms. The van der Waals surface area contributed by atoms with Gasteiger partial charge in [0.2, 0.25) is 0 Å². The molecule has 23 heavy (non-hydrogen) atoms. The van der Waals surface area contributed by atoms with Crippen molar-refractivity contribution in [1.29, 1.82) is 0 Å². The van der Waals surface area contributed by atoms with Crippen LogP contribution in [-0.4, -0.2) is 19.7 Å². The Labute approximate surface area is 136 Å². The standard InChI is InChI=1S/C15H14N4O3S/c1-10(11-5-3-6-12(9-11)19(20)21)23-15-17-16-14(18(15)2)13-7-4-8-22-13/h3-10H,1-2H3/t10-/m0/s1. The molecule has 2 heterocycles. The van der Waals surface area contributed by atoms with Gasteiger partial charge in [-0.2, -0.15) is 0 Å². The van der Waals surface area contributed by atoms with Gasteiger partial charge in [-0.05, 0) is 24.6 Å². The van der Waals surface area contributed by atoms with Gasteiger partial charge in [-0.1, -0.05) is 23.9 Å². The Morgan fingerprint density at radius 2 is 2.13 bits per heavy atom. The number of nitrogens with zero attached hydrogens (tertiary/aromatic N) is 4. The summed E-state index contributed by atoms with van der Waals surface area (Å²) in [6.45, 7) is 1.98. The van der Waals surface area contributed by atoms with Crippen molar-refractivity contribution in [3.05, 3.63) is 58.3 Å². The van der Waals surface area contributed by atoms with Gasteiger partial charge in [0.05, 0.1) is 11.2 Å². The van der Waals surface area contributed by atoms with E-state index in [1.807, 2.05) is 30.7 Å². The molecule has 0 unspecified atom stereocenters. The number of thioether (sulfide) groups is 1. The van der Waals surface area contributed by atoms with Gasteiger partial charge in [0.15, 0.2) is 16.7 Å². The van der Waals surface area contributed by atoms with Gasteiger partial charge in [-0.3, -0.25) is 10.1 Å². The third-order valence-electron chi connectivity index (χ3n) is 3.41. The molecule has 0 N–H and O–H groups in total. The van der Waals surface area contributed by atoms with Crippen LogP contribution in [0.15, 0.2) is 52.2 Å². The zero-order chi connectivity index (χ0) is 16.4. The molecule has 0 aliphatic rings. The Kier molecular flexibility index (Phi) is 4.16. The first-order valence-corrected chi connectivity index (χ1v) is 7.78. The number of nitro benzene ring substituents is 1. The largest absolute Gasteiger partial charge is 0.461 e. The Morgan fingerprint density at radius 3 is 2.83 bits per heavy atom. The van der Waals surface area contributed by atoms with Crippen molar-refractivity contribution in [2.24, 2.45) is 7.05 Å². The highest BCUT2D eigenvalue weighted by Gasteiger charge is 2.18. The highest BCUT2D eigenvalue weighted by molar-refractivity contribution is 7.99. The molecule has 0 spiro atoms. The molecule has 0 amide bonds. The molecular weight excluding hydrogens is 316 g/mol. The Hall–Kier alpha value is -2.61. The first-order chi connectivity index (χ1) is 11.1. The average molecular weight is 330 g/mol. The lowest BCUT2D eigenvalue weighted by Gasteiger charge is -2.10. The number of nitro groups is 1. The third kappa shape index (κ3) is 3.11. The molecule has 118 valence electrons. The maximum atomic E-state index is 10.9. The SMILES string of the molecule is C[C@H](Sc1nnc(-c2ccco2)n1C)c1cccc([N+](=O)[O-])c1. The van der Waals surface area contributed by atoms with E-state index in [1.54, 1.807) is 24.5 Å². The molecule has 0 aliphatic heterocycles. The fraction of sp³-hybridized carbons (Fsp3) is 0.200. The summed E-state index contributed by atoms with van der Waals surface area (Å²) < 4.78 is 7.18. The minimum atomic E-state index is -0.391. The summed E-state index contributed by atoms with van der Waals surface area (Å²) in [5.74, 6) is 1.29. The summed E-state index contributed by atoms with van der Waals surface area (Å²) in [5, 5.41) is 19.9. The number of benzene rings is 1. The first-order valence-electron chi connectivity index (χ1n) is 6.90. The van der Waals surface area contributed by atoms with Crippen molar-refractivity contribution in [2.45, 2.75) is 17.3 Å². The normalized spacial score (nSPS) is 12.3. The lowest BCUT2D eigenvalue weighted by atomic mass is 10.1. The molecule has 3 rings (SSSR count). The van der Waals surface area contributed by atoms with Crippen molar-refractivity contribution in [2.75, 3.05) is 0 Å². The smallest absolute Gasteiger partial charge is 0.269 e. The predicted molar refractivity (Wildman–Crippen MR) is 86.1 cm³/mol. The van der Waals surface area contributed by atoms with Gasteiger partial charge in [0, 0.05) is 24.4 Å². The van der Waals surface area contributed by atoms with Gasteiger partial charge in [0.25, 0.3) is 5.69 Å². The van der Waals surface area contributed by atoms with Crippen LogP contribution in [0.2, 0.25) is 0 Å². The molecule has 7 nitrogen and oxygen atoms in total. The summed E-state index contributed by atoms with van der Waals surface area (Å²) in [7, 11) is 1.86. The van der Waals surface area contributed by atoms with Gasteiger partial charge in [0.1, 0.15) is 0 Å². The summed E-state index contributed by atoms with van der Waals surface area (Å²) in [4.78, 5) is 10.5. The van der Waals surface area contributed by atoms with Crippen LogP contribution >= 0.6 is 11.8 Å². The van der Waals surface area contributed by atoms with Crippen molar-refractivity contribution in [1.82, 2.24) is 14.8 Å². The highest BCUT2D eigenvalue weighted by Crippen LogP contribution is 2.35. The van der Waals surface area contributed by atoms with Crippen LogP contribution in [-0.2, 0) is 7.05 Å². The van der Waals surface area contributed by atoms with Crippen molar-refractivity contribution in [3.8, 4) is 11.6 Å². The van der Waals surface area contributed by atoms with Crippen LogP contribution in [0.5, 0.6) is 0 Å². The lowest BCUT2D eigenvalue weighted by molar-refractivity contribution is -0.384. The summed E-state index contributed by atoms with van der Waals surface area (Å²) in [5.41, 5.74) is 0.955. The summed E-state index contributed by atoms with van der Waals surface area (Å²) >= 11 is 1.49. The zero-order valence-corrected chi connectivity index (χ0v) is 13.4. The quantitative estimate of drug-likeness (QED) is 0.401. The molecule has 1 aromatic carbocycles. The summed E-state index contributed by atoms with van der Waals surface area (Å²) in [6.07, 6.45) is 1.59. The van der Waals surface area contributed by atoms with Gasteiger partial charge in [-0.15, -0.1) is 10.2 Å². The molecule has 0 radical (unpaired) electrons. The van der Waals surface area contributed by atoms with Gasteiger partial charge in [-0.25, -0.2) is 0 Å². The van der Waals surface area contributed by atoms with Crippen LogP contribution in [0.3, 0.4) is 0 Å². The zero-order valence-electron chi connectivity index (χ0n) is 12.5. The van der Waals surface area contributed by atoms with Crippen LogP contribution < -0.4 is 0 Å². The van der Waals surface area contributed by atoms with Crippen LogP contribution in [0.25, 0.3) is 11.6 Å². The maximum absolute atomic E-state index is 10.9. The van der Waals surface area contributed by atoms with Crippen molar-refractivity contribution in [3.63, 3.8) is 0 Å². The Balaban J connectivity index is 1.82. The lowest BCUT2D eigenvalue weighted by Crippen LogP contribution is -1.97. The average Bonchev–Trinajstić information content (AvgIpc) is 3.18. The molecule has 0 saturated carbocycles. The Bertz CT molecular complexity index is 829. The molecule has 2 aromatic heterocycles. The van der Waals surface area contributed by atoms with Gasteiger partial charge < -0.3 is 8.98 Å². The fourth-order valence-electron chi connectivity index (χ4n) is 2.16. The van der Waals surface area contributed by atoms with E-state index in [9.17, 15) is 10.1 Å². The van der Waals surface area contributed by atoms with E-state index >= 15 is 0 Å². The van der Waals surface area contributed by atoms with E-state index in [0.29, 0.717) is 11.6 Å². The number of furan rings is 1. The van der Waals surface area contributed by atoms with E-state index in [4.69, 9.17) is 4.42 Å². The van der Waals surface area contributed by atoms with Crippen LogP contribution in [0.4, 0.5) is 5.69 Å². The van der Waals surface area contributed by atoms with Crippen LogP contribution in [0, 0.1) is 10.1 Å². The number of hydrogen-bond donors (Lipinski definition) is 0. The fourth-order valence-corrected chi connectivity index (χ4v) is 3.09. The van der Waals surface area contributed by atoms with E-state index in [-0.39, 0.29) is 10.9 Å². The summed E-state index contributed by atoms with van der Waals surface area (Å²) in [6, 6.07) is 10.2. The molecule has 0 aliphatic carbocycles. The Morgan fingerprint density at radius 1 is 1.30 bits per heavy atom. The number of hydrogen-bond acceptors (Lipinski definition) is 6. The minimum Gasteiger partial charge on any atom is -0.461 e. The molecular formula is C15H14N4O3S. The van der Waals surface area contributed by atoms with E-state index in [0.717, 1.165) is 10.7 Å². The van der Waals surface area contributed by atoms with Crippen molar-refractivity contribution >= 4 is 17.4 Å². The molecule has 3 aromatic rings. The van der Waals surface area contributed by atoms with E-state index < -0.39 is 4.92 Å². The van der Waals surface area contributed by atoms with E-state index in [1.165, 1.54) is 17.8 Å². The maximum Gasteiger partial charge on any atom is 0.269 e. The predicted octanol–water partition coefficient (Wildman–Crippen LogP) is 3.84. The highest BCUT2D eigenvalue weighted by atomic mass is 32.2. The van der Waals surface area contributed by atoms with Crippen LogP contribution in [0.1, 0.15) is 17.7 Å². The van der Waals surface area contributed by atoms with Gasteiger partial charge >= 0.3 is 0 Å². The minimum absolute atomic E-state index is 0.00208. The molecule has 0 fully saturated rings. The second-order valence-electron chi connectivity index (χ2n) is 4.95.